The fourth-order valence-electron chi connectivity index (χ4n) is 3.92. The van der Waals surface area contributed by atoms with E-state index in [4.69, 9.17) is 0 Å². The summed E-state index contributed by atoms with van der Waals surface area (Å²) in [6, 6.07) is 15.3. The van der Waals surface area contributed by atoms with Crippen LogP contribution in [0.5, 0.6) is 0 Å². The summed E-state index contributed by atoms with van der Waals surface area (Å²) in [5.74, 6) is -1.93. The lowest BCUT2D eigenvalue weighted by molar-refractivity contribution is -0.138. The van der Waals surface area contributed by atoms with Gasteiger partial charge in [-0.25, -0.2) is 8.78 Å². The number of imide groups is 1. The van der Waals surface area contributed by atoms with Gasteiger partial charge in [-0.15, -0.1) is 0 Å². The zero-order valence-corrected chi connectivity index (χ0v) is 18.2. The van der Waals surface area contributed by atoms with Crippen LogP contribution in [-0.4, -0.2) is 39.7 Å². The number of hydrogen-bond donors (Lipinski definition) is 0. The molecule has 0 radical (unpaired) electrons. The van der Waals surface area contributed by atoms with Crippen molar-refractivity contribution in [3.8, 4) is 0 Å². The predicted octanol–water partition coefficient (Wildman–Crippen LogP) is 4.20. The number of halogens is 2. The van der Waals surface area contributed by atoms with Crippen LogP contribution >= 0.6 is 0 Å². The third-order valence-corrected chi connectivity index (χ3v) is 5.68. The van der Waals surface area contributed by atoms with Gasteiger partial charge in [0.2, 0.25) is 0 Å². The molecule has 0 saturated heterocycles. The number of nitrogens with zero attached hydrogens (tertiary/aromatic N) is 3. The number of pyridine rings is 1. The van der Waals surface area contributed by atoms with Crippen molar-refractivity contribution < 1.29 is 18.4 Å². The van der Waals surface area contributed by atoms with Crippen molar-refractivity contribution in [1.82, 2.24) is 14.8 Å². The second-order valence-electron chi connectivity index (χ2n) is 7.70. The normalized spacial score (nSPS) is 13.7. The first-order valence-corrected chi connectivity index (χ1v) is 10.7. The molecule has 0 bridgehead atoms. The number of hydrogen-bond acceptors (Lipinski definition) is 4. The molecule has 0 atom stereocenters. The Balaban J connectivity index is 1.71. The number of amides is 2. The monoisotopic (exact) mass is 447 g/mol. The summed E-state index contributed by atoms with van der Waals surface area (Å²) in [6.07, 6.45) is 4.05. The van der Waals surface area contributed by atoms with Gasteiger partial charge in [0.1, 0.15) is 17.3 Å². The maximum Gasteiger partial charge on any atom is 0.278 e. The smallest absolute Gasteiger partial charge is 0.278 e. The molecule has 0 fully saturated rings. The standard InChI is InChI=1S/C26H23F2N3O2/c1-2-30(16-13-18-11-14-29-15-12-18)24-23(19-7-9-21(27)10-8-19)25(32)31(26(24)33)17-20-5-3-4-6-22(20)28/h3-12,14-15H,2,13,16-17H2,1H3. The number of benzene rings is 2. The fourth-order valence-corrected chi connectivity index (χ4v) is 3.92. The summed E-state index contributed by atoms with van der Waals surface area (Å²) >= 11 is 0. The second-order valence-corrected chi connectivity index (χ2v) is 7.70. The van der Waals surface area contributed by atoms with Gasteiger partial charge < -0.3 is 4.90 Å². The Hall–Kier alpha value is -3.87. The molecule has 3 aromatic rings. The molecule has 1 aromatic heterocycles. The number of rotatable bonds is 8. The third kappa shape index (κ3) is 4.67. The highest BCUT2D eigenvalue weighted by Crippen LogP contribution is 2.33. The summed E-state index contributed by atoms with van der Waals surface area (Å²) in [6.45, 7) is 2.70. The fraction of sp³-hybridized carbons (Fsp3) is 0.192. The zero-order valence-electron chi connectivity index (χ0n) is 18.2. The molecule has 5 nitrogen and oxygen atoms in total. The lowest BCUT2D eigenvalue weighted by atomic mass is 10.0. The van der Waals surface area contributed by atoms with E-state index in [9.17, 15) is 18.4 Å². The van der Waals surface area contributed by atoms with Gasteiger partial charge in [0.25, 0.3) is 11.8 Å². The minimum atomic E-state index is -0.521. The van der Waals surface area contributed by atoms with Crippen molar-refractivity contribution in [1.29, 1.82) is 0 Å². The molecule has 0 unspecified atom stereocenters. The maximum absolute atomic E-state index is 14.3. The number of carbonyl (C=O) groups excluding carboxylic acids is 2. The molecule has 7 heteroatoms. The largest absolute Gasteiger partial charge is 0.366 e. The zero-order chi connectivity index (χ0) is 23.4. The van der Waals surface area contributed by atoms with Gasteiger partial charge in [-0.3, -0.25) is 19.5 Å². The molecule has 0 N–H and O–H groups in total. The van der Waals surface area contributed by atoms with Crippen LogP contribution in [0.4, 0.5) is 8.78 Å². The summed E-state index contributed by atoms with van der Waals surface area (Å²) in [5.41, 5.74) is 2.20. The van der Waals surface area contributed by atoms with E-state index in [-0.39, 0.29) is 23.4 Å². The van der Waals surface area contributed by atoms with Crippen LogP contribution in [0.25, 0.3) is 5.57 Å². The van der Waals surface area contributed by atoms with Crippen LogP contribution in [-0.2, 0) is 22.6 Å². The van der Waals surface area contributed by atoms with Crippen molar-refractivity contribution in [2.45, 2.75) is 19.9 Å². The van der Waals surface area contributed by atoms with Gasteiger partial charge in [-0.1, -0.05) is 30.3 Å². The van der Waals surface area contributed by atoms with Gasteiger partial charge in [0.15, 0.2) is 0 Å². The first-order chi connectivity index (χ1) is 16.0. The van der Waals surface area contributed by atoms with Gasteiger partial charge in [-0.2, -0.15) is 0 Å². The molecule has 1 aliphatic rings. The molecule has 0 aliphatic carbocycles. The first-order valence-electron chi connectivity index (χ1n) is 10.7. The van der Waals surface area contributed by atoms with Crippen molar-refractivity contribution in [2.75, 3.05) is 13.1 Å². The van der Waals surface area contributed by atoms with Gasteiger partial charge in [-0.05, 0) is 54.8 Å². The number of carbonyl (C=O) groups is 2. The molecule has 2 heterocycles. The molecular weight excluding hydrogens is 424 g/mol. The minimum absolute atomic E-state index is 0.180. The average Bonchev–Trinajstić information content (AvgIpc) is 3.07. The van der Waals surface area contributed by atoms with Crippen molar-refractivity contribution in [2.24, 2.45) is 0 Å². The summed E-state index contributed by atoms with van der Waals surface area (Å²) < 4.78 is 27.8. The third-order valence-electron chi connectivity index (χ3n) is 5.68. The van der Waals surface area contributed by atoms with Crippen LogP contribution in [0.1, 0.15) is 23.6 Å². The second kappa shape index (κ2) is 9.73. The van der Waals surface area contributed by atoms with Crippen LogP contribution < -0.4 is 0 Å². The Bertz CT molecular complexity index is 1190. The molecular formula is C26H23F2N3O2. The van der Waals surface area contributed by atoms with E-state index < -0.39 is 23.4 Å². The van der Waals surface area contributed by atoms with E-state index >= 15 is 0 Å². The highest BCUT2D eigenvalue weighted by Gasteiger charge is 2.41. The Labute approximate surface area is 191 Å². The lowest BCUT2D eigenvalue weighted by Gasteiger charge is -2.25. The molecule has 4 rings (SSSR count). The van der Waals surface area contributed by atoms with Crippen molar-refractivity contribution >= 4 is 17.4 Å². The van der Waals surface area contributed by atoms with E-state index in [0.29, 0.717) is 25.1 Å². The molecule has 33 heavy (non-hydrogen) atoms. The Morgan fingerprint density at radius 1 is 0.909 bits per heavy atom. The van der Waals surface area contributed by atoms with Crippen LogP contribution in [0.2, 0.25) is 0 Å². The van der Waals surface area contributed by atoms with Gasteiger partial charge >= 0.3 is 0 Å². The average molecular weight is 447 g/mol. The topological polar surface area (TPSA) is 53.5 Å². The summed E-state index contributed by atoms with van der Waals surface area (Å²) in [5, 5.41) is 0. The van der Waals surface area contributed by atoms with E-state index in [1.807, 2.05) is 24.0 Å². The summed E-state index contributed by atoms with van der Waals surface area (Å²) in [7, 11) is 0. The SMILES string of the molecule is CCN(CCc1ccncc1)C1=C(c2ccc(F)cc2)C(=O)N(Cc2ccccc2F)C1=O. The maximum atomic E-state index is 14.3. The van der Waals surface area contributed by atoms with Crippen LogP contribution in [0.3, 0.4) is 0 Å². The van der Waals surface area contributed by atoms with Gasteiger partial charge in [0.05, 0.1) is 12.1 Å². The molecule has 2 aromatic carbocycles. The molecule has 1 aliphatic heterocycles. The lowest BCUT2D eigenvalue weighted by Crippen LogP contribution is -2.35. The van der Waals surface area contributed by atoms with Crippen molar-refractivity contribution in [3.05, 3.63) is 107 Å². The first kappa shape index (κ1) is 22.3. The number of likely N-dealkylation sites (N-methyl/N-ethyl adjacent to an activating group) is 1. The molecule has 0 spiro atoms. The van der Waals surface area contributed by atoms with Gasteiger partial charge in [0, 0.05) is 31.0 Å². The van der Waals surface area contributed by atoms with E-state index in [1.165, 1.54) is 30.3 Å². The molecule has 0 saturated carbocycles. The Kier molecular flexibility index (Phi) is 6.58. The van der Waals surface area contributed by atoms with Crippen LogP contribution in [0.15, 0.2) is 78.8 Å². The van der Waals surface area contributed by atoms with Crippen LogP contribution in [0, 0.1) is 11.6 Å². The number of aromatic nitrogens is 1. The van der Waals surface area contributed by atoms with E-state index in [0.717, 1.165) is 10.5 Å². The highest BCUT2D eigenvalue weighted by atomic mass is 19.1. The highest BCUT2D eigenvalue weighted by molar-refractivity contribution is 6.35. The Morgan fingerprint density at radius 2 is 1.61 bits per heavy atom. The minimum Gasteiger partial charge on any atom is -0.366 e. The van der Waals surface area contributed by atoms with E-state index in [1.54, 1.807) is 30.6 Å². The van der Waals surface area contributed by atoms with E-state index in [2.05, 4.69) is 4.98 Å². The van der Waals surface area contributed by atoms with Crippen molar-refractivity contribution in [3.63, 3.8) is 0 Å². The molecule has 2 amide bonds. The quantitative estimate of drug-likeness (QED) is 0.486. The Morgan fingerprint density at radius 3 is 2.27 bits per heavy atom. The predicted molar refractivity (Wildman–Crippen MR) is 120 cm³/mol. The molecule has 168 valence electrons. The summed E-state index contributed by atoms with van der Waals surface area (Å²) in [4.78, 5) is 33.8.